The van der Waals surface area contributed by atoms with Crippen LogP contribution in [0.4, 0.5) is 8.78 Å². The molecule has 6 nitrogen and oxygen atoms in total. The lowest BCUT2D eigenvalue weighted by atomic mass is 10.2. The Morgan fingerprint density at radius 1 is 1.14 bits per heavy atom. The number of hydrogen-bond acceptors (Lipinski definition) is 4. The van der Waals surface area contributed by atoms with E-state index in [2.05, 4.69) is 15.4 Å². The number of ether oxygens (including phenoxy) is 1. The molecule has 0 saturated heterocycles. The number of carbonyl (C=O) groups excluding carboxylic acids is 3. The second kappa shape index (κ2) is 7.93. The van der Waals surface area contributed by atoms with Gasteiger partial charge in [0, 0.05) is 12.1 Å². The summed E-state index contributed by atoms with van der Waals surface area (Å²) in [6.45, 7) is -0.272. The smallest absolute Gasteiger partial charge is 0.307 e. The van der Waals surface area contributed by atoms with Crippen molar-refractivity contribution in [1.82, 2.24) is 10.6 Å². The lowest BCUT2D eigenvalue weighted by Gasteiger charge is -2.06. The van der Waals surface area contributed by atoms with Crippen molar-refractivity contribution in [1.29, 1.82) is 0 Å². The fourth-order valence-corrected chi connectivity index (χ4v) is 1.37. The summed E-state index contributed by atoms with van der Waals surface area (Å²) in [4.78, 5) is 33.7. The SMILES string of the molecule is COC(=O)CCNC(=O)CNC(=O)c1ccc(F)c(F)c1. The van der Waals surface area contributed by atoms with Crippen LogP contribution in [0.25, 0.3) is 0 Å². The maximum atomic E-state index is 12.9. The summed E-state index contributed by atoms with van der Waals surface area (Å²) in [5.41, 5.74) is -0.101. The number of carbonyl (C=O) groups is 3. The molecule has 21 heavy (non-hydrogen) atoms. The van der Waals surface area contributed by atoms with Gasteiger partial charge in [0.25, 0.3) is 5.91 Å². The van der Waals surface area contributed by atoms with Gasteiger partial charge in [0.15, 0.2) is 11.6 Å². The van der Waals surface area contributed by atoms with E-state index >= 15 is 0 Å². The van der Waals surface area contributed by atoms with Crippen LogP contribution in [-0.2, 0) is 14.3 Å². The second-order valence-corrected chi connectivity index (χ2v) is 3.99. The molecular weight excluding hydrogens is 286 g/mol. The molecule has 0 saturated carbocycles. The molecule has 0 aromatic heterocycles. The van der Waals surface area contributed by atoms with Gasteiger partial charge < -0.3 is 15.4 Å². The molecule has 0 spiro atoms. The highest BCUT2D eigenvalue weighted by atomic mass is 19.2. The van der Waals surface area contributed by atoms with Crippen molar-refractivity contribution >= 4 is 17.8 Å². The van der Waals surface area contributed by atoms with Gasteiger partial charge >= 0.3 is 5.97 Å². The van der Waals surface area contributed by atoms with Crippen LogP contribution in [0.15, 0.2) is 18.2 Å². The van der Waals surface area contributed by atoms with E-state index in [1.165, 1.54) is 7.11 Å². The average molecular weight is 300 g/mol. The Labute approximate surface area is 119 Å². The zero-order valence-corrected chi connectivity index (χ0v) is 11.2. The summed E-state index contributed by atoms with van der Waals surface area (Å²) in [5, 5.41) is 4.63. The van der Waals surface area contributed by atoms with Gasteiger partial charge in [0.2, 0.25) is 5.91 Å². The lowest BCUT2D eigenvalue weighted by molar-refractivity contribution is -0.140. The summed E-state index contributed by atoms with van der Waals surface area (Å²) in [5.74, 6) is -3.91. The van der Waals surface area contributed by atoms with Crippen LogP contribution in [0, 0.1) is 11.6 Å². The van der Waals surface area contributed by atoms with Crippen LogP contribution in [0.1, 0.15) is 16.8 Å². The first kappa shape index (κ1) is 16.5. The predicted molar refractivity (Wildman–Crippen MR) is 68.3 cm³/mol. The second-order valence-electron chi connectivity index (χ2n) is 3.99. The van der Waals surface area contributed by atoms with Crippen LogP contribution in [-0.4, -0.2) is 38.0 Å². The topological polar surface area (TPSA) is 84.5 Å². The molecule has 1 aromatic rings. The van der Waals surface area contributed by atoms with E-state index < -0.39 is 29.4 Å². The van der Waals surface area contributed by atoms with Crippen molar-refractivity contribution < 1.29 is 27.9 Å². The molecule has 0 aliphatic heterocycles. The Balaban J connectivity index is 2.37. The first-order valence-corrected chi connectivity index (χ1v) is 6.00. The molecule has 2 amide bonds. The van der Waals surface area contributed by atoms with Crippen LogP contribution in [0.3, 0.4) is 0 Å². The maximum absolute atomic E-state index is 12.9. The fourth-order valence-electron chi connectivity index (χ4n) is 1.37. The van der Waals surface area contributed by atoms with E-state index in [0.29, 0.717) is 0 Å². The molecule has 0 unspecified atom stereocenters. The number of benzene rings is 1. The number of esters is 1. The number of amides is 2. The third kappa shape index (κ3) is 5.55. The van der Waals surface area contributed by atoms with Gasteiger partial charge in [-0.25, -0.2) is 8.78 Å². The molecule has 0 radical (unpaired) electrons. The van der Waals surface area contributed by atoms with E-state index in [1.54, 1.807) is 0 Å². The summed E-state index contributed by atoms with van der Waals surface area (Å²) >= 11 is 0. The number of rotatable bonds is 6. The number of nitrogens with one attached hydrogen (secondary N) is 2. The first-order chi connectivity index (χ1) is 9.93. The quantitative estimate of drug-likeness (QED) is 0.744. The third-order valence-corrected chi connectivity index (χ3v) is 2.47. The van der Waals surface area contributed by atoms with E-state index in [-0.39, 0.29) is 25.1 Å². The number of methoxy groups -OCH3 is 1. The van der Waals surface area contributed by atoms with Gasteiger partial charge in [0.05, 0.1) is 20.1 Å². The van der Waals surface area contributed by atoms with Crippen LogP contribution in [0.5, 0.6) is 0 Å². The molecule has 2 N–H and O–H groups in total. The zero-order chi connectivity index (χ0) is 15.8. The molecule has 0 heterocycles. The van der Waals surface area contributed by atoms with Gasteiger partial charge in [-0.05, 0) is 18.2 Å². The van der Waals surface area contributed by atoms with Gasteiger partial charge in [-0.1, -0.05) is 0 Å². The molecule has 0 bridgehead atoms. The van der Waals surface area contributed by atoms with Gasteiger partial charge in [-0.15, -0.1) is 0 Å². The van der Waals surface area contributed by atoms with Crippen LogP contribution < -0.4 is 10.6 Å². The Hall–Kier alpha value is -2.51. The minimum Gasteiger partial charge on any atom is -0.469 e. The van der Waals surface area contributed by atoms with Crippen molar-refractivity contribution in [3.05, 3.63) is 35.4 Å². The van der Waals surface area contributed by atoms with Gasteiger partial charge in [-0.2, -0.15) is 0 Å². The van der Waals surface area contributed by atoms with E-state index in [9.17, 15) is 23.2 Å². The third-order valence-electron chi connectivity index (χ3n) is 2.47. The zero-order valence-electron chi connectivity index (χ0n) is 11.2. The van der Waals surface area contributed by atoms with E-state index in [0.717, 1.165) is 18.2 Å². The predicted octanol–water partition coefficient (Wildman–Crippen LogP) is 0.374. The van der Waals surface area contributed by atoms with E-state index in [1.807, 2.05) is 0 Å². The largest absolute Gasteiger partial charge is 0.469 e. The average Bonchev–Trinajstić information content (AvgIpc) is 2.47. The first-order valence-electron chi connectivity index (χ1n) is 6.00. The molecule has 0 aliphatic carbocycles. The van der Waals surface area contributed by atoms with Gasteiger partial charge in [-0.3, -0.25) is 14.4 Å². The highest BCUT2D eigenvalue weighted by Crippen LogP contribution is 2.08. The molecule has 1 aromatic carbocycles. The molecule has 8 heteroatoms. The van der Waals surface area contributed by atoms with Crippen LogP contribution in [0.2, 0.25) is 0 Å². The standard InChI is InChI=1S/C13H14F2N2O4/c1-21-12(19)4-5-16-11(18)7-17-13(20)8-2-3-9(14)10(15)6-8/h2-3,6H,4-5,7H2,1H3,(H,16,18)(H,17,20). The summed E-state index contributed by atoms with van der Waals surface area (Å²) in [6.07, 6.45) is 0.0133. The van der Waals surface area contributed by atoms with Crippen molar-refractivity contribution in [3.63, 3.8) is 0 Å². The molecule has 114 valence electrons. The van der Waals surface area contributed by atoms with Crippen molar-refractivity contribution in [2.24, 2.45) is 0 Å². The Bertz CT molecular complexity index is 549. The Morgan fingerprint density at radius 3 is 2.48 bits per heavy atom. The van der Waals surface area contributed by atoms with Gasteiger partial charge in [0.1, 0.15) is 0 Å². The lowest BCUT2D eigenvalue weighted by Crippen LogP contribution is -2.37. The molecule has 0 atom stereocenters. The molecular formula is C13H14F2N2O4. The van der Waals surface area contributed by atoms with Crippen molar-refractivity contribution in [3.8, 4) is 0 Å². The normalized spacial score (nSPS) is 9.86. The van der Waals surface area contributed by atoms with Crippen LogP contribution >= 0.6 is 0 Å². The molecule has 1 rings (SSSR count). The summed E-state index contributed by atoms with van der Waals surface area (Å²) < 4.78 is 30.0. The summed E-state index contributed by atoms with van der Waals surface area (Å²) in [6, 6.07) is 2.66. The molecule has 0 aliphatic rings. The number of halogens is 2. The Kier molecular flexibility index (Phi) is 6.25. The van der Waals surface area contributed by atoms with Crippen molar-refractivity contribution in [2.75, 3.05) is 20.2 Å². The molecule has 0 fully saturated rings. The Morgan fingerprint density at radius 2 is 1.86 bits per heavy atom. The monoisotopic (exact) mass is 300 g/mol. The number of hydrogen-bond donors (Lipinski definition) is 2. The minimum atomic E-state index is -1.15. The summed E-state index contributed by atoms with van der Waals surface area (Å²) in [7, 11) is 1.23. The minimum absolute atomic E-state index is 0.0133. The van der Waals surface area contributed by atoms with E-state index in [4.69, 9.17) is 0 Å². The maximum Gasteiger partial charge on any atom is 0.307 e. The van der Waals surface area contributed by atoms with Crippen molar-refractivity contribution in [2.45, 2.75) is 6.42 Å². The highest BCUT2D eigenvalue weighted by Gasteiger charge is 2.11. The fraction of sp³-hybridized carbons (Fsp3) is 0.308. The highest BCUT2D eigenvalue weighted by molar-refractivity contribution is 5.96.